The van der Waals surface area contributed by atoms with Crippen molar-refractivity contribution >= 4 is 51.0 Å². The normalized spacial score (nSPS) is 23.4. The minimum atomic E-state index is -0.957. The zero-order valence-electron chi connectivity index (χ0n) is 16.8. The molecule has 1 aliphatic rings. The SMILES string of the molecule is Nc1nc2cc(CC[C@H]3C[C@@H](n4ccc5c(Cl)ncnc54)[C@H](O)[C@@H]3O)cc(F)c2cc1Cl. The largest absolute Gasteiger partial charge is 0.390 e. The van der Waals surface area contributed by atoms with Gasteiger partial charge >= 0.3 is 0 Å². The molecule has 4 atom stereocenters. The highest BCUT2D eigenvalue weighted by Gasteiger charge is 2.42. The van der Waals surface area contributed by atoms with E-state index in [2.05, 4.69) is 15.0 Å². The van der Waals surface area contributed by atoms with Gasteiger partial charge in [0.15, 0.2) is 0 Å². The monoisotopic (exact) mass is 475 g/mol. The van der Waals surface area contributed by atoms with E-state index >= 15 is 0 Å². The predicted octanol–water partition coefficient (Wildman–Crippen LogP) is 3.92. The van der Waals surface area contributed by atoms with E-state index in [0.717, 1.165) is 5.56 Å². The highest BCUT2D eigenvalue weighted by atomic mass is 35.5. The fourth-order valence-corrected chi connectivity index (χ4v) is 4.99. The Kier molecular flexibility index (Phi) is 5.41. The molecule has 166 valence electrons. The number of nitrogens with two attached hydrogens (primary N) is 1. The molecule has 3 heterocycles. The molecule has 0 spiro atoms. The molecule has 3 aromatic heterocycles. The highest BCUT2D eigenvalue weighted by molar-refractivity contribution is 6.34. The first-order chi connectivity index (χ1) is 15.3. The fraction of sp³-hybridized carbons (Fsp3) is 0.318. The maximum Gasteiger partial charge on any atom is 0.145 e. The van der Waals surface area contributed by atoms with E-state index < -0.39 is 18.0 Å². The molecule has 10 heteroatoms. The molecular weight excluding hydrogens is 456 g/mol. The van der Waals surface area contributed by atoms with Gasteiger partial charge in [0.05, 0.1) is 28.1 Å². The summed E-state index contributed by atoms with van der Waals surface area (Å²) < 4.78 is 16.4. The first kappa shape index (κ1) is 21.3. The zero-order valence-corrected chi connectivity index (χ0v) is 18.3. The van der Waals surface area contributed by atoms with Crippen LogP contribution in [-0.4, -0.2) is 41.9 Å². The number of nitrogen functional groups attached to an aromatic ring is 1. The Bertz CT molecular complexity index is 1330. The molecule has 0 amide bonds. The molecule has 1 saturated carbocycles. The molecule has 5 rings (SSSR count). The number of pyridine rings is 1. The van der Waals surface area contributed by atoms with E-state index in [-0.39, 0.29) is 22.8 Å². The van der Waals surface area contributed by atoms with Crippen LogP contribution in [0.15, 0.2) is 36.8 Å². The molecule has 32 heavy (non-hydrogen) atoms. The van der Waals surface area contributed by atoms with Crippen LogP contribution >= 0.6 is 23.2 Å². The summed E-state index contributed by atoms with van der Waals surface area (Å²) in [5, 5.41) is 23.0. The number of hydrogen-bond donors (Lipinski definition) is 3. The molecule has 7 nitrogen and oxygen atoms in total. The summed E-state index contributed by atoms with van der Waals surface area (Å²) in [4.78, 5) is 12.4. The molecule has 1 aliphatic carbocycles. The van der Waals surface area contributed by atoms with Crippen LogP contribution in [-0.2, 0) is 6.42 Å². The minimum Gasteiger partial charge on any atom is -0.390 e. The maximum atomic E-state index is 14.6. The van der Waals surface area contributed by atoms with E-state index in [0.29, 0.717) is 46.4 Å². The van der Waals surface area contributed by atoms with Gasteiger partial charge < -0.3 is 20.5 Å². The summed E-state index contributed by atoms with van der Waals surface area (Å²) in [7, 11) is 0. The second kappa shape index (κ2) is 8.12. The van der Waals surface area contributed by atoms with Crippen LogP contribution in [0.4, 0.5) is 10.2 Å². The van der Waals surface area contributed by atoms with Crippen LogP contribution in [0.1, 0.15) is 24.4 Å². The molecule has 1 aromatic carbocycles. The second-order valence-electron chi connectivity index (χ2n) is 8.21. The Hall–Kier alpha value is -2.52. The third-order valence-corrected chi connectivity index (χ3v) is 6.92. The van der Waals surface area contributed by atoms with Gasteiger partial charge in [-0.25, -0.2) is 19.3 Å². The van der Waals surface area contributed by atoms with Crippen molar-refractivity contribution in [2.24, 2.45) is 5.92 Å². The number of aromatic nitrogens is 4. The van der Waals surface area contributed by atoms with Crippen molar-refractivity contribution in [1.82, 2.24) is 19.5 Å². The summed E-state index contributed by atoms with van der Waals surface area (Å²) in [6, 6.07) is 6.14. The average molecular weight is 476 g/mol. The van der Waals surface area contributed by atoms with Crippen molar-refractivity contribution in [3.05, 3.63) is 58.3 Å². The number of aliphatic hydroxyl groups is 2. The first-order valence-corrected chi connectivity index (χ1v) is 11.0. The van der Waals surface area contributed by atoms with Crippen molar-refractivity contribution in [3.63, 3.8) is 0 Å². The quantitative estimate of drug-likeness (QED) is 0.385. The number of rotatable bonds is 4. The summed E-state index contributed by atoms with van der Waals surface area (Å²) in [5.74, 6) is -0.449. The fourth-order valence-electron chi connectivity index (χ4n) is 4.64. The van der Waals surface area contributed by atoms with E-state index in [1.807, 2.05) is 4.57 Å². The molecule has 0 aliphatic heterocycles. The van der Waals surface area contributed by atoms with Gasteiger partial charge in [-0.05, 0) is 55.0 Å². The third kappa shape index (κ3) is 3.57. The Morgan fingerprint density at radius 2 is 1.94 bits per heavy atom. The summed E-state index contributed by atoms with van der Waals surface area (Å²) in [6.07, 6.45) is 2.93. The van der Waals surface area contributed by atoms with Crippen LogP contribution in [0.2, 0.25) is 10.2 Å². The Balaban J connectivity index is 1.36. The smallest absolute Gasteiger partial charge is 0.145 e. The van der Waals surface area contributed by atoms with Gasteiger partial charge in [-0.3, -0.25) is 0 Å². The van der Waals surface area contributed by atoms with Crippen molar-refractivity contribution in [2.75, 3.05) is 5.73 Å². The highest BCUT2D eigenvalue weighted by Crippen LogP contribution is 2.40. The van der Waals surface area contributed by atoms with Crippen molar-refractivity contribution in [1.29, 1.82) is 0 Å². The number of halogens is 3. The molecule has 0 unspecified atom stereocenters. The average Bonchev–Trinajstić information content (AvgIpc) is 3.31. The molecule has 0 radical (unpaired) electrons. The van der Waals surface area contributed by atoms with Crippen molar-refractivity contribution in [2.45, 2.75) is 37.5 Å². The van der Waals surface area contributed by atoms with Gasteiger partial charge in [-0.15, -0.1) is 0 Å². The van der Waals surface area contributed by atoms with Crippen LogP contribution in [0.5, 0.6) is 0 Å². The lowest BCUT2D eigenvalue weighted by atomic mass is 9.95. The Morgan fingerprint density at radius 1 is 1.12 bits per heavy atom. The molecule has 1 fully saturated rings. The number of nitrogens with zero attached hydrogens (tertiary/aromatic N) is 4. The molecule has 4 N–H and O–H groups in total. The van der Waals surface area contributed by atoms with Crippen LogP contribution in [0.25, 0.3) is 21.9 Å². The Morgan fingerprint density at radius 3 is 2.75 bits per heavy atom. The molecule has 0 saturated heterocycles. The topological polar surface area (TPSA) is 110 Å². The van der Waals surface area contributed by atoms with Gasteiger partial charge in [0.2, 0.25) is 0 Å². The van der Waals surface area contributed by atoms with Gasteiger partial charge in [-0.2, -0.15) is 0 Å². The lowest BCUT2D eigenvalue weighted by Crippen LogP contribution is -2.29. The summed E-state index contributed by atoms with van der Waals surface area (Å²) in [6.45, 7) is 0. The number of aryl methyl sites for hydroxylation is 1. The van der Waals surface area contributed by atoms with Crippen LogP contribution in [0.3, 0.4) is 0 Å². The lowest BCUT2D eigenvalue weighted by Gasteiger charge is -2.19. The number of fused-ring (bicyclic) bond motifs is 2. The summed E-state index contributed by atoms with van der Waals surface area (Å²) in [5.41, 5.74) is 7.54. The Labute approximate surface area is 192 Å². The first-order valence-electron chi connectivity index (χ1n) is 10.2. The number of hydrogen-bond acceptors (Lipinski definition) is 6. The second-order valence-corrected chi connectivity index (χ2v) is 8.97. The minimum absolute atomic E-state index is 0.149. The van der Waals surface area contributed by atoms with E-state index in [9.17, 15) is 14.6 Å². The summed E-state index contributed by atoms with van der Waals surface area (Å²) >= 11 is 12.1. The third-order valence-electron chi connectivity index (χ3n) is 6.32. The van der Waals surface area contributed by atoms with Gasteiger partial charge in [-0.1, -0.05) is 23.2 Å². The van der Waals surface area contributed by atoms with E-state index in [1.54, 1.807) is 18.3 Å². The van der Waals surface area contributed by atoms with Crippen molar-refractivity contribution < 1.29 is 14.6 Å². The number of aliphatic hydroxyl groups excluding tert-OH is 2. The van der Waals surface area contributed by atoms with Crippen LogP contribution in [0, 0.1) is 11.7 Å². The van der Waals surface area contributed by atoms with E-state index in [1.165, 1.54) is 18.5 Å². The van der Waals surface area contributed by atoms with Gasteiger partial charge in [0.25, 0.3) is 0 Å². The zero-order chi connectivity index (χ0) is 22.6. The molecular formula is C22H20Cl2FN5O2. The standard InChI is InChI=1S/C22H20Cl2FN5O2/c23-14-8-13-15(25)5-10(6-16(13)29-21(14)26)1-2-11-7-17(19(32)18(11)31)30-4-3-12-20(24)27-9-28-22(12)30/h3-6,8-9,11,17-19,31-32H,1-2,7H2,(H2,26,29)/t11-,17+,18+,19-/m0/s1. The predicted molar refractivity (Wildman–Crippen MR) is 121 cm³/mol. The molecule has 4 aromatic rings. The van der Waals surface area contributed by atoms with Gasteiger partial charge in [0, 0.05) is 11.6 Å². The lowest BCUT2D eigenvalue weighted by molar-refractivity contribution is 0.00545. The molecule has 0 bridgehead atoms. The van der Waals surface area contributed by atoms with Gasteiger partial charge in [0.1, 0.15) is 34.9 Å². The maximum absolute atomic E-state index is 14.6. The van der Waals surface area contributed by atoms with Crippen LogP contribution < -0.4 is 5.73 Å². The number of benzene rings is 1. The van der Waals surface area contributed by atoms with Crippen molar-refractivity contribution in [3.8, 4) is 0 Å². The van der Waals surface area contributed by atoms with E-state index in [4.69, 9.17) is 28.9 Å². The number of anilines is 1.